The van der Waals surface area contributed by atoms with Gasteiger partial charge in [0.1, 0.15) is 0 Å². The molecule has 2 fully saturated rings. The Morgan fingerprint density at radius 2 is 1.75 bits per heavy atom. The number of nitrogens with zero attached hydrogens (tertiary/aromatic N) is 1. The first-order chi connectivity index (χ1) is 7.75. The fourth-order valence-corrected chi connectivity index (χ4v) is 2.93. The fraction of sp³-hybridized carbons (Fsp3) is 0.571. The number of hydrogen-bond donors (Lipinski definition) is 1. The molecule has 3 rings (SSSR count). The number of benzene rings is 1. The number of hydrogen-bond acceptors (Lipinski definition) is 2. The van der Waals surface area contributed by atoms with E-state index in [0.717, 1.165) is 25.2 Å². The Hall–Kier alpha value is -1.02. The molecular weight excluding hydrogens is 196 g/mol. The van der Waals surface area contributed by atoms with Crippen molar-refractivity contribution < 1.29 is 0 Å². The summed E-state index contributed by atoms with van der Waals surface area (Å²) in [6.07, 6.45) is 1.37. The molecule has 1 aromatic rings. The molecule has 0 aromatic heterocycles. The van der Waals surface area contributed by atoms with Crippen molar-refractivity contribution in [2.24, 2.45) is 0 Å². The number of fused-ring (bicyclic) bond motifs is 2. The van der Waals surface area contributed by atoms with Crippen LogP contribution < -0.4 is 10.2 Å². The molecule has 16 heavy (non-hydrogen) atoms. The van der Waals surface area contributed by atoms with E-state index in [1.165, 1.54) is 17.7 Å². The third-order valence-corrected chi connectivity index (χ3v) is 3.95. The number of piperazine rings is 1. The molecule has 2 bridgehead atoms. The summed E-state index contributed by atoms with van der Waals surface area (Å²) >= 11 is 0. The first kappa shape index (κ1) is 10.2. The maximum absolute atomic E-state index is 3.47. The van der Waals surface area contributed by atoms with Gasteiger partial charge in [0.2, 0.25) is 0 Å². The van der Waals surface area contributed by atoms with Crippen molar-refractivity contribution in [2.45, 2.75) is 38.3 Å². The average Bonchev–Trinajstić information content (AvgIpc) is 2.30. The van der Waals surface area contributed by atoms with E-state index in [0.29, 0.717) is 5.92 Å². The molecule has 1 N–H and O–H groups in total. The fourth-order valence-electron chi connectivity index (χ4n) is 2.93. The molecule has 0 saturated carbocycles. The normalized spacial score (nSPS) is 28.1. The molecule has 86 valence electrons. The second-order valence-electron chi connectivity index (χ2n) is 5.36. The van der Waals surface area contributed by atoms with Crippen LogP contribution in [0.25, 0.3) is 0 Å². The molecule has 2 aliphatic rings. The van der Waals surface area contributed by atoms with E-state index >= 15 is 0 Å². The summed E-state index contributed by atoms with van der Waals surface area (Å²) in [6.45, 7) is 6.81. The molecule has 1 aromatic carbocycles. The van der Waals surface area contributed by atoms with E-state index in [4.69, 9.17) is 0 Å². The van der Waals surface area contributed by atoms with Crippen molar-refractivity contribution >= 4 is 5.69 Å². The summed E-state index contributed by atoms with van der Waals surface area (Å²) in [4.78, 5) is 2.58. The van der Waals surface area contributed by atoms with Gasteiger partial charge in [0.15, 0.2) is 0 Å². The van der Waals surface area contributed by atoms with Crippen molar-refractivity contribution in [1.29, 1.82) is 0 Å². The third kappa shape index (κ3) is 1.52. The summed E-state index contributed by atoms with van der Waals surface area (Å²) < 4.78 is 0. The van der Waals surface area contributed by atoms with Crippen LogP contribution in [-0.2, 0) is 0 Å². The number of rotatable bonds is 2. The second kappa shape index (κ2) is 3.77. The molecule has 2 unspecified atom stereocenters. The predicted molar refractivity (Wildman–Crippen MR) is 68.1 cm³/mol. The lowest BCUT2D eigenvalue weighted by molar-refractivity contribution is 0.263. The van der Waals surface area contributed by atoms with Crippen LogP contribution in [0.5, 0.6) is 0 Å². The van der Waals surface area contributed by atoms with Gasteiger partial charge in [-0.15, -0.1) is 0 Å². The van der Waals surface area contributed by atoms with Crippen LogP contribution in [0.2, 0.25) is 0 Å². The Bertz CT molecular complexity index is 355. The van der Waals surface area contributed by atoms with E-state index in [-0.39, 0.29) is 0 Å². The maximum Gasteiger partial charge on any atom is 0.0438 e. The van der Waals surface area contributed by atoms with E-state index in [1.54, 1.807) is 0 Å². The highest BCUT2D eigenvalue weighted by Crippen LogP contribution is 2.34. The Labute approximate surface area is 97.6 Å². The maximum atomic E-state index is 3.47. The highest BCUT2D eigenvalue weighted by atomic mass is 15.3. The zero-order chi connectivity index (χ0) is 11.1. The smallest absolute Gasteiger partial charge is 0.0438 e. The van der Waals surface area contributed by atoms with Gasteiger partial charge in [-0.3, -0.25) is 0 Å². The van der Waals surface area contributed by atoms with Gasteiger partial charge < -0.3 is 10.2 Å². The number of nitrogens with one attached hydrogen (secondary N) is 1. The monoisotopic (exact) mass is 216 g/mol. The minimum atomic E-state index is 0.631. The molecule has 0 spiro atoms. The number of piperidine rings is 1. The van der Waals surface area contributed by atoms with Crippen molar-refractivity contribution in [3.63, 3.8) is 0 Å². The van der Waals surface area contributed by atoms with Gasteiger partial charge in [0.25, 0.3) is 0 Å². The van der Waals surface area contributed by atoms with Crippen LogP contribution in [0.1, 0.15) is 31.7 Å². The molecule has 2 heteroatoms. The van der Waals surface area contributed by atoms with E-state index in [9.17, 15) is 0 Å². The van der Waals surface area contributed by atoms with Gasteiger partial charge in [0, 0.05) is 30.9 Å². The second-order valence-corrected chi connectivity index (χ2v) is 5.36. The molecule has 2 saturated heterocycles. The quantitative estimate of drug-likeness (QED) is 0.816. The Morgan fingerprint density at radius 1 is 1.12 bits per heavy atom. The van der Waals surface area contributed by atoms with Crippen LogP contribution >= 0.6 is 0 Å². The molecule has 0 aliphatic carbocycles. The molecule has 2 heterocycles. The lowest BCUT2D eigenvalue weighted by Gasteiger charge is -2.54. The van der Waals surface area contributed by atoms with Crippen LogP contribution in [0, 0.1) is 0 Å². The minimum Gasteiger partial charge on any atom is -0.363 e. The Morgan fingerprint density at radius 3 is 2.25 bits per heavy atom. The first-order valence-corrected chi connectivity index (χ1v) is 6.34. The zero-order valence-corrected chi connectivity index (χ0v) is 10.1. The van der Waals surface area contributed by atoms with Gasteiger partial charge >= 0.3 is 0 Å². The predicted octanol–water partition coefficient (Wildman–Crippen LogP) is 2.36. The molecule has 0 radical (unpaired) electrons. The van der Waals surface area contributed by atoms with E-state index in [1.807, 2.05) is 0 Å². The summed E-state index contributed by atoms with van der Waals surface area (Å²) in [5, 5.41) is 3.47. The van der Waals surface area contributed by atoms with E-state index in [2.05, 4.69) is 48.3 Å². The molecule has 2 atom stereocenters. The molecule has 2 aliphatic heterocycles. The number of anilines is 1. The van der Waals surface area contributed by atoms with Crippen molar-refractivity contribution in [3.05, 3.63) is 29.8 Å². The molecular formula is C14H20N2. The summed E-state index contributed by atoms with van der Waals surface area (Å²) in [7, 11) is 0. The highest BCUT2D eigenvalue weighted by Gasteiger charge is 2.41. The van der Waals surface area contributed by atoms with E-state index < -0.39 is 0 Å². The summed E-state index contributed by atoms with van der Waals surface area (Å²) in [5.41, 5.74) is 2.85. The van der Waals surface area contributed by atoms with Gasteiger partial charge in [-0.25, -0.2) is 0 Å². The van der Waals surface area contributed by atoms with Gasteiger partial charge in [-0.1, -0.05) is 26.0 Å². The zero-order valence-electron chi connectivity index (χ0n) is 10.1. The minimum absolute atomic E-state index is 0.631. The van der Waals surface area contributed by atoms with Crippen LogP contribution in [0.3, 0.4) is 0 Å². The summed E-state index contributed by atoms with van der Waals surface area (Å²) in [6, 6.07) is 10.6. The molecule has 2 nitrogen and oxygen atoms in total. The standard InChI is InChI=1S/C14H20N2/c1-10(2)11-3-5-12(6-4-11)16-13-7-14(16)9-15-8-13/h3-6,10,13-15H,7-9H2,1-2H3. The summed E-state index contributed by atoms with van der Waals surface area (Å²) in [5.74, 6) is 0.631. The Kier molecular flexibility index (Phi) is 2.40. The van der Waals surface area contributed by atoms with Crippen LogP contribution in [-0.4, -0.2) is 25.2 Å². The molecule has 0 amide bonds. The third-order valence-electron chi connectivity index (χ3n) is 3.95. The van der Waals surface area contributed by atoms with Crippen molar-refractivity contribution in [2.75, 3.05) is 18.0 Å². The SMILES string of the molecule is CC(C)c1ccc(N2C3CNCC2C3)cc1. The topological polar surface area (TPSA) is 15.3 Å². The average molecular weight is 216 g/mol. The first-order valence-electron chi connectivity index (χ1n) is 6.34. The van der Waals surface area contributed by atoms with Crippen molar-refractivity contribution in [1.82, 2.24) is 5.32 Å². The van der Waals surface area contributed by atoms with Crippen molar-refractivity contribution in [3.8, 4) is 0 Å². The lowest BCUT2D eigenvalue weighted by atomic mass is 9.87. The van der Waals surface area contributed by atoms with Gasteiger partial charge in [-0.05, 0) is 30.0 Å². The lowest BCUT2D eigenvalue weighted by Crippen LogP contribution is -2.68. The van der Waals surface area contributed by atoms with Crippen LogP contribution in [0.4, 0.5) is 5.69 Å². The largest absolute Gasteiger partial charge is 0.363 e. The Balaban J connectivity index is 1.80. The highest BCUT2D eigenvalue weighted by molar-refractivity contribution is 5.53. The van der Waals surface area contributed by atoms with Crippen LogP contribution in [0.15, 0.2) is 24.3 Å². The van der Waals surface area contributed by atoms with Gasteiger partial charge in [0.05, 0.1) is 0 Å². The van der Waals surface area contributed by atoms with Gasteiger partial charge in [-0.2, -0.15) is 0 Å².